The predicted molar refractivity (Wildman–Crippen MR) is 160 cm³/mol. The molecule has 0 saturated carbocycles. The van der Waals surface area contributed by atoms with Gasteiger partial charge in [-0.3, -0.25) is 4.55 Å². The summed E-state index contributed by atoms with van der Waals surface area (Å²) in [6.45, 7) is 8.94. The number of hydrogen-bond acceptors (Lipinski definition) is 8. The Morgan fingerprint density at radius 2 is 0.950 bits per heavy atom. The van der Waals surface area contributed by atoms with Gasteiger partial charge < -0.3 is 23.7 Å². The van der Waals surface area contributed by atoms with Crippen LogP contribution in [0.5, 0.6) is 0 Å². The summed E-state index contributed by atoms with van der Waals surface area (Å²) in [4.78, 5) is 0. The number of unbranched alkanes of at least 4 members (excludes halogenated alkanes) is 12. The van der Waals surface area contributed by atoms with E-state index in [4.69, 9.17) is 28.2 Å². The third-order valence-electron chi connectivity index (χ3n) is 6.90. The molecule has 1 atom stereocenters. The van der Waals surface area contributed by atoms with Crippen molar-refractivity contribution in [1.82, 2.24) is 0 Å². The fraction of sp³-hybridized carbons (Fsp3) is 1.00. The summed E-state index contributed by atoms with van der Waals surface area (Å²) in [5, 5.41) is 0. The Bertz CT molecular complexity index is 592. The minimum absolute atomic E-state index is 0.0486. The monoisotopic (exact) mass is 598 g/mol. The quantitative estimate of drug-likeness (QED) is 0.0645. The molecule has 1 N–H and O–H groups in total. The smallest absolute Gasteiger partial charge is 0.382 e. The zero-order valence-corrected chi connectivity index (χ0v) is 26.8. The molecule has 10 heteroatoms. The third kappa shape index (κ3) is 27.8. The molecule has 0 fully saturated rings. The first-order chi connectivity index (χ1) is 19.4. The van der Waals surface area contributed by atoms with Gasteiger partial charge in [-0.15, -0.1) is 0 Å². The second-order valence-electron chi connectivity index (χ2n) is 10.9. The van der Waals surface area contributed by atoms with Gasteiger partial charge in [0.2, 0.25) is 0 Å². The average molecular weight is 599 g/mol. The van der Waals surface area contributed by atoms with Crippen molar-refractivity contribution in [1.29, 1.82) is 0 Å². The van der Waals surface area contributed by atoms with Crippen LogP contribution in [0.15, 0.2) is 0 Å². The molecule has 0 heterocycles. The molecule has 40 heavy (non-hydrogen) atoms. The van der Waals surface area contributed by atoms with Crippen LogP contribution < -0.4 is 0 Å². The van der Waals surface area contributed by atoms with Crippen LogP contribution in [0.3, 0.4) is 0 Å². The molecule has 0 rings (SSSR count). The molecule has 0 radical (unpaired) electrons. The molecule has 0 aliphatic carbocycles. The lowest BCUT2D eigenvalue weighted by molar-refractivity contribution is -0.0825. The first kappa shape index (κ1) is 39.7. The highest BCUT2D eigenvalue weighted by atomic mass is 32.3. The molecule has 0 saturated heterocycles. The normalized spacial score (nSPS) is 13.6. The van der Waals surface area contributed by atoms with Crippen LogP contribution in [-0.2, 0) is 38.3 Å². The topological polar surface area (TPSA) is 110 Å². The molecule has 0 spiro atoms. The van der Waals surface area contributed by atoms with E-state index in [9.17, 15) is 8.42 Å². The van der Waals surface area contributed by atoms with Crippen molar-refractivity contribution in [3.05, 3.63) is 0 Å². The van der Waals surface area contributed by atoms with Gasteiger partial charge in [0.1, 0.15) is 0 Å². The summed E-state index contributed by atoms with van der Waals surface area (Å²) in [5.41, 5.74) is -0.358. The highest BCUT2D eigenvalue weighted by Gasteiger charge is 2.31. The van der Waals surface area contributed by atoms with Gasteiger partial charge in [-0.2, -0.15) is 8.42 Å². The SMILES string of the molecule is CCCCCCCCCCOC[C@@](CCCCCCOCCCCC)(COCCOC)COCCOS(=O)(=O)O. The van der Waals surface area contributed by atoms with Crippen molar-refractivity contribution in [2.75, 3.05) is 73.2 Å². The Balaban J connectivity index is 4.72. The van der Waals surface area contributed by atoms with Crippen molar-refractivity contribution in [3.8, 4) is 0 Å². The minimum Gasteiger partial charge on any atom is -0.382 e. The molecule has 0 unspecified atom stereocenters. The second kappa shape index (κ2) is 28.8. The van der Waals surface area contributed by atoms with E-state index in [1.54, 1.807) is 7.11 Å². The van der Waals surface area contributed by atoms with Crippen LogP contribution in [0.1, 0.15) is 117 Å². The van der Waals surface area contributed by atoms with E-state index in [1.165, 1.54) is 57.8 Å². The van der Waals surface area contributed by atoms with Gasteiger partial charge in [0.05, 0.1) is 46.2 Å². The Morgan fingerprint density at radius 1 is 0.525 bits per heavy atom. The minimum atomic E-state index is -4.48. The van der Waals surface area contributed by atoms with Crippen molar-refractivity contribution in [3.63, 3.8) is 0 Å². The summed E-state index contributed by atoms with van der Waals surface area (Å²) < 4.78 is 63.7. The van der Waals surface area contributed by atoms with Gasteiger partial charge in [-0.05, 0) is 25.7 Å². The van der Waals surface area contributed by atoms with Crippen LogP contribution in [0.2, 0.25) is 0 Å². The van der Waals surface area contributed by atoms with Crippen LogP contribution in [-0.4, -0.2) is 86.1 Å². The van der Waals surface area contributed by atoms with E-state index in [0.29, 0.717) is 39.6 Å². The summed E-state index contributed by atoms with van der Waals surface area (Å²) >= 11 is 0. The maximum absolute atomic E-state index is 10.8. The number of ether oxygens (including phenoxy) is 5. The van der Waals surface area contributed by atoms with E-state index < -0.39 is 10.4 Å². The standard InChI is InChI=1S/C30H62O9S/c1-4-6-8-9-10-11-13-18-22-36-27-30(28-37-24-23-34-3,29-38-25-26-39-40(31,32)33)19-15-12-14-17-21-35-20-16-7-5-2/h4-29H2,1-3H3,(H,31,32,33)/t30-/m0/s1. The van der Waals surface area contributed by atoms with Crippen molar-refractivity contribution < 1.29 is 40.8 Å². The van der Waals surface area contributed by atoms with E-state index in [0.717, 1.165) is 58.2 Å². The van der Waals surface area contributed by atoms with E-state index in [1.807, 2.05) is 0 Å². The first-order valence-corrected chi connectivity index (χ1v) is 17.2. The number of hydrogen-bond donors (Lipinski definition) is 1. The largest absolute Gasteiger partial charge is 0.397 e. The van der Waals surface area contributed by atoms with E-state index in [2.05, 4.69) is 18.0 Å². The molecule has 9 nitrogen and oxygen atoms in total. The zero-order valence-electron chi connectivity index (χ0n) is 26.0. The van der Waals surface area contributed by atoms with Gasteiger partial charge in [0, 0.05) is 32.3 Å². The third-order valence-corrected chi connectivity index (χ3v) is 7.36. The lowest BCUT2D eigenvalue weighted by Gasteiger charge is -2.33. The Kier molecular flexibility index (Phi) is 28.5. The first-order valence-electron chi connectivity index (χ1n) is 15.8. The van der Waals surface area contributed by atoms with Crippen LogP contribution >= 0.6 is 0 Å². The zero-order chi connectivity index (χ0) is 29.6. The van der Waals surface area contributed by atoms with Crippen molar-refractivity contribution >= 4 is 10.4 Å². The average Bonchev–Trinajstić information content (AvgIpc) is 2.92. The Labute approximate surface area is 246 Å². The molecule has 0 aliphatic rings. The summed E-state index contributed by atoms with van der Waals surface area (Å²) in [7, 11) is -2.83. The molecular formula is C30H62O9S. The summed E-state index contributed by atoms with van der Waals surface area (Å²) in [6.07, 6.45) is 18.7. The molecule has 0 aromatic carbocycles. The van der Waals surface area contributed by atoms with Crippen molar-refractivity contribution in [2.24, 2.45) is 5.41 Å². The van der Waals surface area contributed by atoms with E-state index >= 15 is 0 Å². The summed E-state index contributed by atoms with van der Waals surface area (Å²) in [5.74, 6) is 0. The Hall–Kier alpha value is -0.330. The lowest BCUT2D eigenvalue weighted by atomic mass is 9.84. The maximum Gasteiger partial charge on any atom is 0.397 e. The lowest BCUT2D eigenvalue weighted by Crippen LogP contribution is -2.38. The predicted octanol–water partition coefficient (Wildman–Crippen LogP) is 6.79. The Morgan fingerprint density at radius 3 is 1.50 bits per heavy atom. The number of rotatable bonds is 33. The van der Waals surface area contributed by atoms with Gasteiger partial charge in [-0.25, -0.2) is 4.18 Å². The molecule has 242 valence electrons. The molecule has 0 amide bonds. The van der Waals surface area contributed by atoms with Gasteiger partial charge >= 0.3 is 10.4 Å². The fourth-order valence-corrected chi connectivity index (χ4v) is 4.78. The molecular weight excluding hydrogens is 536 g/mol. The van der Waals surface area contributed by atoms with Crippen LogP contribution in [0.25, 0.3) is 0 Å². The number of methoxy groups -OCH3 is 1. The molecule has 0 aromatic rings. The van der Waals surface area contributed by atoms with Crippen LogP contribution in [0, 0.1) is 5.41 Å². The van der Waals surface area contributed by atoms with E-state index in [-0.39, 0.29) is 18.6 Å². The second-order valence-corrected chi connectivity index (χ2v) is 11.9. The highest BCUT2D eigenvalue weighted by molar-refractivity contribution is 7.80. The highest BCUT2D eigenvalue weighted by Crippen LogP contribution is 2.28. The maximum atomic E-state index is 10.8. The van der Waals surface area contributed by atoms with Gasteiger partial charge in [0.15, 0.2) is 0 Å². The molecule has 0 bridgehead atoms. The summed E-state index contributed by atoms with van der Waals surface area (Å²) in [6, 6.07) is 0. The van der Waals surface area contributed by atoms with Crippen LogP contribution in [0.4, 0.5) is 0 Å². The fourth-order valence-electron chi connectivity index (χ4n) is 4.50. The van der Waals surface area contributed by atoms with Crippen molar-refractivity contribution in [2.45, 2.75) is 117 Å². The molecule has 0 aliphatic heterocycles. The molecule has 0 aromatic heterocycles. The van der Waals surface area contributed by atoms with Gasteiger partial charge in [0.25, 0.3) is 0 Å². The van der Waals surface area contributed by atoms with Gasteiger partial charge in [-0.1, -0.05) is 90.9 Å².